The van der Waals surface area contributed by atoms with Gasteiger partial charge in [0, 0.05) is 23.4 Å². The van der Waals surface area contributed by atoms with Crippen LogP contribution in [0.5, 0.6) is 5.75 Å². The van der Waals surface area contributed by atoms with E-state index in [1.54, 1.807) is 11.3 Å². The molecule has 1 aliphatic heterocycles. The molecule has 0 radical (unpaired) electrons. The molecule has 138 valence electrons. The highest BCUT2D eigenvalue weighted by Crippen LogP contribution is 2.26. The molecule has 7 heteroatoms. The second-order valence-electron chi connectivity index (χ2n) is 6.12. The fourth-order valence-electron chi connectivity index (χ4n) is 2.81. The lowest BCUT2D eigenvalue weighted by Crippen LogP contribution is -2.28. The molecule has 0 saturated carbocycles. The summed E-state index contributed by atoms with van der Waals surface area (Å²) < 4.78 is 6.82. The van der Waals surface area contributed by atoms with Crippen LogP contribution in [0.4, 0.5) is 5.69 Å². The number of fused-ring (bicyclic) bond motifs is 1. The molecule has 2 heterocycles. The molecule has 1 aliphatic rings. The van der Waals surface area contributed by atoms with Crippen LogP contribution in [0.25, 0.3) is 0 Å². The summed E-state index contributed by atoms with van der Waals surface area (Å²) in [5.74, 6) is 0.871. The number of rotatable bonds is 8. The van der Waals surface area contributed by atoms with Crippen molar-refractivity contribution in [2.45, 2.75) is 32.1 Å². The van der Waals surface area contributed by atoms with Crippen LogP contribution in [0.2, 0.25) is 0 Å². The minimum atomic E-state index is 0.0531. The number of carbonyl (C=O) groups is 2. The van der Waals surface area contributed by atoms with Crippen molar-refractivity contribution < 1.29 is 14.3 Å². The van der Waals surface area contributed by atoms with Gasteiger partial charge in [-0.3, -0.25) is 9.59 Å². The summed E-state index contributed by atoms with van der Waals surface area (Å²) in [4.78, 5) is 24.5. The fraction of sp³-hybridized carbons (Fsp3) is 0.368. The van der Waals surface area contributed by atoms with E-state index in [-0.39, 0.29) is 11.8 Å². The fourth-order valence-corrected chi connectivity index (χ4v) is 4.33. The van der Waals surface area contributed by atoms with E-state index in [0.29, 0.717) is 26.0 Å². The van der Waals surface area contributed by atoms with Gasteiger partial charge in [-0.2, -0.15) is 0 Å². The van der Waals surface area contributed by atoms with Crippen LogP contribution < -0.4 is 15.4 Å². The van der Waals surface area contributed by atoms with Gasteiger partial charge in [0.05, 0.1) is 10.3 Å². The Morgan fingerprint density at radius 2 is 2.15 bits per heavy atom. The lowest BCUT2D eigenvalue weighted by Gasteiger charge is -2.17. The minimum absolute atomic E-state index is 0.0531. The molecular formula is C19H21BrN2O3S. The van der Waals surface area contributed by atoms with E-state index in [9.17, 15) is 9.59 Å². The van der Waals surface area contributed by atoms with E-state index in [4.69, 9.17) is 4.74 Å². The molecule has 0 unspecified atom stereocenters. The monoisotopic (exact) mass is 436 g/mol. The van der Waals surface area contributed by atoms with Gasteiger partial charge < -0.3 is 15.4 Å². The molecule has 1 aromatic heterocycles. The second kappa shape index (κ2) is 9.19. The largest absolute Gasteiger partial charge is 0.492 e. The van der Waals surface area contributed by atoms with Crippen LogP contribution in [-0.2, 0) is 22.4 Å². The van der Waals surface area contributed by atoms with Crippen LogP contribution >= 0.6 is 27.3 Å². The summed E-state index contributed by atoms with van der Waals surface area (Å²) in [7, 11) is 0. The van der Waals surface area contributed by atoms with E-state index >= 15 is 0 Å². The van der Waals surface area contributed by atoms with Crippen molar-refractivity contribution in [3.8, 4) is 5.75 Å². The summed E-state index contributed by atoms with van der Waals surface area (Å²) in [6, 6.07) is 9.78. The summed E-state index contributed by atoms with van der Waals surface area (Å²) in [5, 5.41) is 5.73. The molecule has 0 bridgehead atoms. The molecule has 3 rings (SSSR count). The van der Waals surface area contributed by atoms with Gasteiger partial charge in [0.2, 0.25) is 11.8 Å². The number of carbonyl (C=O) groups excluding carboxylic acids is 2. The molecule has 5 nitrogen and oxygen atoms in total. The number of amides is 2. The Labute approximate surface area is 165 Å². The van der Waals surface area contributed by atoms with Gasteiger partial charge in [-0.15, -0.1) is 11.3 Å². The average molecular weight is 437 g/mol. The molecule has 0 fully saturated rings. The number of hydrogen-bond acceptors (Lipinski definition) is 4. The first-order valence-electron chi connectivity index (χ1n) is 8.66. The Kier molecular flexibility index (Phi) is 6.68. The molecule has 0 saturated heterocycles. The Morgan fingerprint density at radius 3 is 2.96 bits per heavy atom. The van der Waals surface area contributed by atoms with Gasteiger partial charge in [-0.25, -0.2) is 0 Å². The van der Waals surface area contributed by atoms with Crippen molar-refractivity contribution in [2.75, 3.05) is 18.5 Å². The SMILES string of the molecule is O=C(CCCc1ccc(Br)s1)NCCOc1ccc2c(c1)CCC(=O)N2. The van der Waals surface area contributed by atoms with Crippen molar-refractivity contribution in [2.24, 2.45) is 0 Å². The number of thiophene rings is 1. The van der Waals surface area contributed by atoms with Gasteiger partial charge in [0.25, 0.3) is 0 Å². The Bertz CT molecular complexity index is 791. The maximum atomic E-state index is 11.9. The van der Waals surface area contributed by atoms with Crippen LogP contribution in [0.3, 0.4) is 0 Å². The predicted octanol–water partition coefficient (Wildman–Crippen LogP) is 3.91. The highest BCUT2D eigenvalue weighted by molar-refractivity contribution is 9.11. The van der Waals surface area contributed by atoms with Gasteiger partial charge in [-0.1, -0.05) is 0 Å². The number of ether oxygens (including phenoxy) is 1. The van der Waals surface area contributed by atoms with Crippen molar-refractivity contribution in [3.63, 3.8) is 0 Å². The normalized spacial score (nSPS) is 13.0. The number of hydrogen-bond donors (Lipinski definition) is 2. The van der Waals surface area contributed by atoms with Crippen LogP contribution in [0, 0.1) is 0 Å². The highest BCUT2D eigenvalue weighted by Gasteiger charge is 2.15. The third-order valence-corrected chi connectivity index (χ3v) is 5.80. The van der Waals surface area contributed by atoms with Crippen LogP contribution in [-0.4, -0.2) is 25.0 Å². The number of halogens is 1. The molecule has 2 amide bonds. The Balaban J connectivity index is 1.32. The zero-order valence-electron chi connectivity index (χ0n) is 14.3. The molecule has 0 spiro atoms. The standard InChI is InChI=1S/C19H21BrN2O3S/c20-17-8-6-15(26-17)2-1-3-18(23)21-10-11-25-14-5-7-16-13(12-14)4-9-19(24)22-16/h5-8,12H,1-4,9-11H2,(H,21,23)(H,22,24). The molecule has 1 aromatic carbocycles. The van der Waals surface area contributed by atoms with Gasteiger partial charge in [-0.05, 0) is 71.1 Å². The maximum absolute atomic E-state index is 11.9. The third-order valence-electron chi connectivity index (χ3n) is 4.12. The van der Waals surface area contributed by atoms with E-state index in [0.717, 1.165) is 40.0 Å². The summed E-state index contributed by atoms with van der Waals surface area (Å²) in [6.45, 7) is 0.909. The quantitative estimate of drug-likeness (QED) is 0.616. The third kappa shape index (κ3) is 5.57. The first-order chi connectivity index (χ1) is 12.6. The molecule has 2 aromatic rings. The molecule has 2 N–H and O–H groups in total. The number of nitrogens with one attached hydrogen (secondary N) is 2. The van der Waals surface area contributed by atoms with Crippen molar-refractivity contribution in [3.05, 3.63) is 44.6 Å². The van der Waals surface area contributed by atoms with E-state index in [1.807, 2.05) is 24.3 Å². The zero-order valence-corrected chi connectivity index (χ0v) is 16.7. The van der Waals surface area contributed by atoms with Crippen LogP contribution in [0.15, 0.2) is 34.1 Å². The average Bonchev–Trinajstić information content (AvgIpc) is 3.04. The first-order valence-corrected chi connectivity index (χ1v) is 10.3. The lowest BCUT2D eigenvalue weighted by molar-refractivity contribution is -0.121. The lowest BCUT2D eigenvalue weighted by atomic mass is 10.0. The van der Waals surface area contributed by atoms with Crippen molar-refractivity contribution >= 4 is 44.8 Å². The maximum Gasteiger partial charge on any atom is 0.224 e. The summed E-state index contributed by atoms with van der Waals surface area (Å²) in [5.41, 5.74) is 1.95. The minimum Gasteiger partial charge on any atom is -0.492 e. The van der Waals surface area contributed by atoms with E-state index in [1.165, 1.54) is 4.88 Å². The number of aryl methyl sites for hydroxylation is 2. The second-order valence-corrected chi connectivity index (χ2v) is 8.67. The van der Waals surface area contributed by atoms with Gasteiger partial charge in [0.1, 0.15) is 12.4 Å². The van der Waals surface area contributed by atoms with Gasteiger partial charge in [0.15, 0.2) is 0 Å². The number of benzene rings is 1. The van der Waals surface area contributed by atoms with Crippen molar-refractivity contribution in [1.29, 1.82) is 0 Å². The first kappa shape index (κ1) is 18.9. The highest BCUT2D eigenvalue weighted by atomic mass is 79.9. The molecule has 0 atom stereocenters. The molecular weight excluding hydrogens is 416 g/mol. The summed E-state index contributed by atoms with van der Waals surface area (Å²) >= 11 is 5.15. The van der Waals surface area contributed by atoms with Crippen molar-refractivity contribution in [1.82, 2.24) is 5.32 Å². The molecule has 26 heavy (non-hydrogen) atoms. The smallest absolute Gasteiger partial charge is 0.224 e. The zero-order chi connectivity index (χ0) is 18.4. The number of anilines is 1. The van der Waals surface area contributed by atoms with Gasteiger partial charge >= 0.3 is 0 Å². The van der Waals surface area contributed by atoms with E-state index in [2.05, 4.69) is 32.6 Å². The summed E-state index contributed by atoms with van der Waals surface area (Å²) in [6.07, 6.45) is 3.53. The van der Waals surface area contributed by atoms with Crippen LogP contribution in [0.1, 0.15) is 29.7 Å². The molecule has 0 aliphatic carbocycles. The van der Waals surface area contributed by atoms with E-state index < -0.39 is 0 Å². The topological polar surface area (TPSA) is 67.4 Å². The Morgan fingerprint density at radius 1 is 1.27 bits per heavy atom. The Hall–Kier alpha value is -1.86. The predicted molar refractivity (Wildman–Crippen MR) is 107 cm³/mol.